The molecule has 0 radical (unpaired) electrons. The maximum atomic E-state index is 12.3. The van der Waals surface area contributed by atoms with Gasteiger partial charge in [0.1, 0.15) is 0 Å². The van der Waals surface area contributed by atoms with E-state index in [4.69, 9.17) is 5.11 Å². The number of carboxylic acid groups (broad SMARTS) is 1. The summed E-state index contributed by atoms with van der Waals surface area (Å²) in [6.45, 7) is 4.97. The summed E-state index contributed by atoms with van der Waals surface area (Å²) < 4.78 is 0. The van der Waals surface area contributed by atoms with E-state index in [-0.39, 0.29) is 11.6 Å². The number of urea groups is 1. The van der Waals surface area contributed by atoms with Gasteiger partial charge in [-0.15, -0.1) is 0 Å². The molecule has 0 atom stereocenters. The molecule has 0 saturated heterocycles. The number of nitrogens with one attached hydrogen (secondary N) is 1. The fourth-order valence-corrected chi connectivity index (χ4v) is 3.00. The molecular weight excluding hydrogens is 292 g/mol. The van der Waals surface area contributed by atoms with Crippen LogP contribution in [0.3, 0.4) is 0 Å². The summed E-state index contributed by atoms with van der Waals surface area (Å²) in [7, 11) is 1.85. The lowest BCUT2D eigenvalue weighted by Gasteiger charge is -2.38. The van der Waals surface area contributed by atoms with Gasteiger partial charge in [-0.05, 0) is 48.8 Å². The molecule has 5 heteroatoms. The molecule has 1 aliphatic carbocycles. The predicted molar refractivity (Wildman–Crippen MR) is 89.4 cm³/mol. The van der Waals surface area contributed by atoms with Crippen LogP contribution in [0.15, 0.2) is 24.3 Å². The maximum absolute atomic E-state index is 12.3. The molecule has 0 aliphatic heterocycles. The van der Waals surface area contributed by atoms with Crippen molar-refractivity contribution in [2.75, 3.05) is 7.05 Å². The average Bonchev–Trinajstić information content (AvgIpc) is 2.52. The molecule has 5 nitrogen and oxygen atoms in total. The number of carboxylic acids is 1. The Kier molecular flexibility index (Phi) is 5.29. The first-order chi connectivity index (χ1) is 10.8. The van der Waals surface area contributed by atoms with Gasteiger partial charge in [0.25, 0.3) is 0 Å². The van der Waals surface area contributed by atoms with Crippen LogP contribution in [0.5, 0.6) is 0 Å². The minimum absolute atomic E-state index is 0.0722. The van der Waals surface area contributed by atoms with E-state index in [2.05, 4.69) is 19.2 Å². The molecule has 1 aromatic rings. The Morgan fingerprint density at radius 3 is 2.30 bits per heavy atom. The van der Waals surface area contributed by atoms with Crippen molar-refractivity contribution >= 4 is 12.0 Å². The van der Waals surface area contributed by atoms with Crippen molar-refractivity contribution < 1.29 is 14.7 Å². The van der Waals surface area contributed by atoms with Gasteiger partial charge in [0.2, 0.25) is 0 Å². The van der Waals surface area contributed by atoms with Crippen LogP contribution in [0.1, 0.15) is 55.5 Å². The van der Waals surface area contributed by atoms with E-state index in [1.807, 2.05) is 7.05 Å². The zero-order chi connectivity index (χ0) is 17.0. The highest BCUT2D eigenvalue weighted by Gasteiger charge is 2.30. The summed E-state index contributed by atoms with van der Waals surface area (Å²) >= 11 is 0. The lowest BCUT2D eigenvalue weighted by atomic mass is 9.75. The second-order valence-corrected chi connectivity index (χ2v) is 7.17. The van der Waals surface area contributed by atoms with Crippen LogP contribution in [0.4, 0.5) is 4.79 Å². The minimum Gasteiger partial charge on any atom is -0.478 e. The van der Waals surface area contributed by atoms with E-state index in [0.717, 1.165) is 31.2 Å². The molecule has 0 spiro atoms. The van der Waals surface area contributed by atoms with Gasteiger partial charge in [0, 0.05) is 19.6 Å². The summed E-state index contributed by atoms with van der Waals surface area (Å²) in [5.74, 6) is -0.944. The number of carbonyl (C=O) groups excluding carboxylic acids is 1. The van der Waals surface area contributed by atoms with Crippen molar-refractivity contribution in [3.63, 3.8) is 0 Å². The SMILES string of the molecule is CN(C(=O)NCc1ccc(C(=O)O)cc1)C1CCC(C)(C)CC1. The number of hydrogen-bond donors (Lipinski definition) is 2. The molecule has 23 heavy (non-hydrogen) atoms. The van der Waals surface area contributed by atoms with E-state index in [1.54, 1.807) is 29.2 Å². The van der Waals surface area contributed by atoms with E-state index in [0.29, 0.717) is 18.0 Å². The third kappa shape index (κ3) is 4.71. The van der Waals surface area contributed by atoms with E-state index in [1.165, 1.54) is 0 Å². The fourth-order valence-electron chi connectivity index (χ4n) is 3.00. The zero-order valence-electron chi connectivity index (χ0n) is 14.1. The number of hydrogen-bond acceptors (Lipinski definition) is 2. The molecule has 0 heterocycles. The molecule has 2 amide bonds. The van der Waals surface area contributed by atoms with E-state index in [9.17, 15) is 9.59 Å². The standard InChI is InChI=1S/C18H26N2O3/c1-18(2)10-8-15(9-11-18)20(3)17(23)19-12-13-4-6-14(7-5-13)16(21)22/h4-7,15H,8-12H2,1-3H3,(H,19,23)(H,21,22). The molecule has 1 saturated carbocycles. The number of amides is 2. The van der Waals surface area contributed by atoms with Crippen molar-refractivity contribution in [2.24, 2.45) is 5.41 Å². The van der Waals surface area contributed by atoms with Crippen LogP contribution in [0.25, 0.3) is 0 Å². The number of rotatable bonds is 4. The minimum atomic E-state index is -0.944. The van der Waals surface area contributed by atoms with Crippen molar-refractivity contribution in [1.82, 2.24) is 10.2 Å². The van der Waals surface area contributed by atoms with E-state index >= 15 is 0 Å². The maximum Gasteiger partial charge on any atom is 0.335 e. The topological polar surface area (TPSA) is 69.6 Å². The number of benzene rings is 1. The Labute approximate surface area is 137 Å². The first-order valence-electron chi connectivity index (χ1n) is 8.11. The Bertz CT molecular complexity index is 556. The quantitative estimate of drug-likeness (QED) is 0.892. The monoisotopic (exact) mass is 318 g/mol. The number of carbonyl (C=O) groups is 2. The second kappa shape index (κ2) is 7.02. The smallest absolute Gasteiger partial charge is 0.335 e. The van der Waals surface area contributed by atoms with Gasteiger partial charge >= 0.3 is 12.0 Å². The van der Waals surface area contributed by atoms with Crippen LogP contribution in [-0.4, -0.2) is 35.1 Å². The summed E-state index contributed by atoms with van der Waals surface area (Å²) in [6, 6.07) is 6.79. The van der Waals surface area contributed by atoms with Crippen LogP contribution < -0.4 is 5.32 Å². The van der Waals surface area contributed by atoms with E-state index < -0.39 is 5.97 Å². The first kappa shape index (κ1) is 17.3. The molecule has 0 bridgehead atoms. The van der Waals surface area contributed by atoms with Crippen LogP contribution >= 0.6 is 0 Å². The Morgan fingerprint density at radius 2 is 1.78 bits per heavy atom. The van der Waals surface area contributed by atoms with Gasteiger partial charge < -0.3 is 15.3 Å². The summed E-state index contributed by atoms with van der Waals surface area (Å²) in [6.07, 6.45) is 4.38. The first-order valence-corrected chi connectivity index (χ1v) is 8.11. The van der Waals surface area contributed by atoms with Gasteiger partial charge in [-0.1, -0.05) is 26.0 Å². The fraction of sp³-hybridized carbons (Fsp3) is 0.556. The predicted octanol–water partition coefficient (Wildman–Crippen LogP) is 3.50. The van der Waals surface area contributed by atoms with Crippen molar-refractivity contribution in [2.45, 2.75) is 52.1 Å². The Hall–Kier alpha value is -2.04. The lowest BCUT2D eigenvalue weighted by Crippen LogP contribution is -2.45. The number of nitrogens with zero attached hydrogens (tertiary/aromatic N) is 1. The zero-order valence-corrected chi connectivity index (χ0v) is 14.1. The van der Waals surface area contributed by atoms with Gasteiger partial charge in [-0.25, -0.2) is 9.59 Å². The summed E-state index contributed by atoms with van der Waals surface area (Å²) in [5, 5.41) is 11.8. The molecule has 2 N–H and O–H groups in total. The second-order valence-electron chi connectivity index (χ2n) is 7.17. The van der Waals surface area contributed by atoms with Gasteiger partial charge in [0.05, 0.1) is 5.56 Å². The third-order valence-corrected chi connectivity index (χ3v) is 4.82. The molecule has 1 fully saturated rings. The Balaban J connectivity index is 1.83. The summed E-state index contributed by atoms with van der Waals surface area (Å²) in [4.78, 5) is 24.9. The summed E-state index contributed by atoms with van der Waals surface area (Å²) in [5.41, 5.74) is 1.53. The van der Waals surface area contributed by atoms with Gasteiger partial charge in [-0.3, -0.25) is 0 Å². The van der Waals surface area contributed by atoms with Gasteiger partial charge in [0.15, 0.2) is 0 Å². The van der Waals surface area contributed by atoms with Crippen LogP contribution in [0, 0.1) is 5.41 Å². The molecule has 2 rings (SSSR count). The van der Waals surface area contributed by atoms with Crippen molar-refractivity contribution in [3.05, 3.63) is 35.4 Å². The molecular formula is C18H26N2O3. The molecule has 126 valence electrons. The molecule has 0 aromatic heterocycles. The highest BCUT2D eigenvalue weighted by molar-refractivity contribution is 5.87. The molecule has 1 aromatic carbocycles. The van der Waals surface area contributed by atoms with Crippen molar-refractivity contribution in [3.8, 4) is 0 Å². The van der Waals surface area contributed by atoms with Crippen LogP contribution in [0.2, 0.25) is 0 Å². The molecule has 1 aliphatic rings. The van der Waals surface area contributed by atoms with Crippen molar-refractivity contribution in [1.29, 1.82) is 0 Å². The highest BCUT2D eigenvalue weighted by Crippen LogP contribution is 2.36. The average molecular weight is 318 g/mol. The number of aromatic carboxylic acids is 1. The third-order valence-electron chi connectivity index (χ3n) is 4.82. The van der Waals surface area contributed by atoms with Gasteiger partial charge in [-0.2, -0.15) is 0 Å². The normalized spacial score (nSPS) is 17.5. The largest absolute Gasteiger partial charge is 0.478 e. The lowest BCUT2D eigenvalue weighted by molar-refractivity contribution is 0.0697. The van der Waals surface area contributed by atoms with Crippen LogP contribution in [-0.2, 0) is 6.54 Å². The highest BCUT2D eigenvalue weighted by atomic mass is 16.4. The molecule has 0 unspecified atom stereocenters. The Morgan fingerprint density at radius 1 is 1.22 bits per heavy atom.